The second-order valence-electron chi connectivity index (χ2n) is 3.58. The van der Waals surface area contributed by atoms with Crippen molar-refractivity contribution in [2.24, 2.45) is 0 Å². The van der Waals surface area contributed by atoms with Gasteiger partial charge in [-0.05, 0) is 26.0 Å². The molecule has 4 nitrogen and oxygen atoms in total. The van der Waals surface area contributed by atoms with Crippen molar-refractivity contribution in [2.75, 3.05) is 6.61 Å². The second kappa shape index (κ2) is 5.32. The molecule has 0 bridgehead atoms. The smallest absolute Gasteiger partial charge is 0.259 e. The number of carbonyl (C=O) groups is 1. The van der Waals surface area contributed by atoms with E-state index in [0.717, 1.165) is 5.76 Å². The molecule has 1 N–H and O–H groups in total. The summed E-state index contributed by atoms with van der Waals surface area (Å²) in [6, 6.07) is 3.68. The molecule has 15 heavy (non-hydrogen) atoms. The van der Waals surface area contributed by atoms with Gasteiger partial charge in [0.25, 0.3) is 5.91 Å². The first-order valence-electron chi connectivity index (χ1n) is 4.63. The first-order valence-corrected chi connectivity index (χ1v) is 5.43. The average molecular weight is 276 g/mol. The lowest BCUT2D eigenvalue weighted by Gasteiger charge is -2.14. The third kappa shape index (κ3) is 4.48. The Hall–Kier alpha value is -0.810. The molecule has 1 heterocycles. The zero-order chi connectivity index (χ0) is 11.3. The maximum Gasteiger partial charge on any atom is 0.259 e. The Bertz CT molecular complexity index is 303. The van der Waals surface area contributed by atoms with Crippen molar-refractivity contribution in [3.63, 3.8) is 0 Å². The molecule has 1 amide bonds. The SMILES string of the molecule is CC(C)(Br)C(=O)NOCCc1ccco1. The summed E-state index contributed by atoms with van der Waals surface area (Å²) in [4.78, 5) is 16.3. The van der Waals surface area contributed by atoms with Gasteiger partial charge in [-0.25, -0.2) is 5.48 Å². The maximum atomic E-state index is 11.3. The van der Waals surface area contributed by atoms with E-state index >= 15 is 0 Å². The molecule has 0 saturated carbocycles. The molecule has 0 spiro atoms. The minimum atomic E-state index is -0.613. The molecule has 1 aromatic rings. The van der Waals surface area contributed by atoms with Crippen LogP contribution in [0.15, 0.2) is 22.8 Å². The lowest BCUT2D eigenvalue weighted by molar-refractivity contribution is -0.135. The summed E-state index contributed by atoms with van der Waals surface area (Å²) < 4.78 is 4.49. The van der Waals surface area contributed by atoms with Crippen LogP contribution in [0.5, 0.6) is 0 Å². The van der Waals surface area contributed by atoms with Crippen molar-refractivity contribution in [1.29, 1.82) is 0 Å². The van der Waals surface area contributed by atoms with Crippen LogP contribution in [0.25, 0.3) is 0 Å². The van der Waals surface area contributed by atoms with E-state index in [1.165, 1.54) is 0 Å². The molecule has 1 rings (SSSR count). The highest BCUT2D eigenvalue weighted by Gasteiger charge is 2.23. The number of halogens is 1. The topological polar surface area (TPSA) is 51.5 Å². The van der Waals surface area contributed by atoms with E-state index in [1.54, 1.807) is 20.1 Å². The van der Waals surface area contributed by atoms with E-state index in [2.05, 4.69) is 21.4 Å². The number of rotatable bonds is 5. The third-order valence-electron chi connectivity index (χ3n) is 1.74. The molecule has 0 aliphatic carbocycles. The zero-order valence-electron chi connectivity index (χ0n) is 8.75. The number of furan rings is 1. The van der Waals surface area contributed by atoms with Gasteiger partial charge in [0.15, 0.2) is 0 Å². The van der Waals surface area contributed by atoms with Gasteiger partial charge in [-0.15, -0.1) is 0 Å². The molecule has 0 radical (unpaired) electrons. The second-order valence-corrected chi connectivity index (χ2v) is 5.56. The molecule has 0 aliphatic heterocycles. The van der Waals surface area contributed by atoms with Crippen molar-refractivity contribution < 1.29 is 14.0 Å². The first-order chi connectivity index (χ1) is 7.00. The van der Waals surface area contributed by atoms with Crippen LogP contribution in [-0.2, 0) is 16.1 Å². The van der Waals surface area contributed by atoms with Crippen molar-refractivity contribution in [2.45, 2.75) is 24.6 Å². The lowest BCUT2D eigenvalue weighted by Crippen LogP contribution is -2.37. The highest BCUT2D eigenvalue weighted by atomic mass is 79.9. The molecule has 1 aromatic heterocycles. The summed E-state index contributed by atoms with van der Waals surface area (Å²) in [6.07, 6.45) is 2.24. The van der Waals surface area contributed by atoms with E-state index in [4.69, 9.17) is 9.25 Å². The van der Waals surface area contributed by atoms with Gasteiger partial charge in [0.05, 0.1) is 12.9 Å². The fourth-order valence-corrected chi connectivity index (χ4v) is 0.925. The number of amides is 1. The highest BCUT2D eigenvalue weighted by molar-refractivity contribution is 9.10. The van der Waals surface area contributed by atoms with Gasteiger partial charge in [-0.2, -0.15) is 0 Å². The quantitative estimate of drug-likeness (QED) is 0.508. The molecule has 0 fully saturated rings. The fraction of sp³-hybridized carbons (Fsp3) is 0.500. The van der Waals surface area contributed by atoms with Crippen molar-refractivity contribution in [1.82, 2.24) is 5.48 Å². The minimum absolute atomic E-state index is 0.207. The summed E-state index contributed by atoms with van der Waals surface area (Å²) in [5.74, 6) is 0.629. The van der Waals surface area contributed by atoms with E-state index in [-0.39, 0.29) is 5.91 Å². The van der Waals surface area contributed by atoms with Gasteiger partial charge in [-0.3, -0.25) is 9.63 Å². The number of nitrogens with one attached hydrogen (secondary N) is 1. The molecule has 5 heteroatoms. The Kier molecular flexibility index (Phi) is 4.35. The van der Waals surface area contributed by atoms with Crippen LogP contribution in [0.3, 0.4) is 0 Å². The summed E-state index contributed by atoms with van der Waals surface area (Å²) in [5.41, 5.74) is 2.36. The van der Waals surface area contributed by atoms with E-state index in [1.807, 2.05) is 12.1 Å². The predicted octanol–water partition coefficient (Wildman–Crippen LogP) is 2.04. The molecule has 0 aromatic carbocycles. The van der Waals surface area contributed by atoms with Gasteiger partial charge >= 0.3 is 0 Å². The zero-order valence-corrected chi connectivity index (χ0v) is 10.3. The largest absolute Gasteiger partial charge is 0.469 e. The number of alkyl halides is 1. The van der Waals surface area contributed by atoms with Crippen LogP contribution in [-0.4, -0.2) is 16.8 Å². The first kappa shape index (κ1) is 12.3. The maximum absolute atomic E-state index is 11.3. The summed E-state index contributed by atoms with van der Waals surface area (Å²) in [7, 11) is 0. The molecule has 0 unspecified atom stereocenters. The molecular weight excluding hydrogens is 262 g/mol. The van der Waals surface area contributed by atoms with Crippen LogP contribution < -0.4 is 5.48 Å². The van der Waals surface area contributed by atoms with Crippen LogP contribution in [0.2, 0.25) is 0 Å². The van der Waals surface area contributed by atoms with Crippen LogP contribution in [0.1, 0.15) is 19.6 Å². The van der Waals surface area contributed by atoms with Crippen molar-refractivity contribution >= 4 is 21.8 Å². The van der Waals surface area contributed by atoms with E-state index < -0.39 is 4.32 Å². The number of hydrogen-bond donors (Lipinski definition) is 1. The third-order valence-corrected chi connectivity index (χ3v) is 2.10. The van der Waals surface area contributed by atoms with Gasteiger partial charge < -0.3 is 4.42 Å². The van der Waals surface area contributed by atoms with Crippen LogP contribution in [0, 0.1) is 0 Å². The normalized spacial score (nSPS) is 11.4. The van der Waals surface area contributed by atoms with E-state index in [9.17, 15) is 4.79 Å². The van der Waals surface area contributed by atoms with Gasteiger partial charge in [0.2, 0.25) is 0 Å². The molecule has 0 saturated heterocycles. The summed E-state index contributed by atoms with van der Waals surface area (Å²) in [5, 5.41) is 0. The van der Waals surface area contributed by atoms with Crippen molar-refractivity contribution in [3.05, 3.63) is 24.2 Å². The Morgan fingerprint density at radius 1 is 1.67 bits per heavy atom. The Balaban J connectivity index is 2.15. The minimum Gasteiger partial charge on any atom is -0.469 e. The van der Waals surface area contributed by atoms with Crippen molar-refractivity contribution in [3.8, 4) is 0 Å². The van der Waals surface area contributed by atoms with Gasteiger partial charge in [0, 0.05) is 6.42 Å². The summed E-state index contributed by atoms with van der Waals surface area (Å²) >= 11 is 3.22. The Morgan fingerprint density at radius 3 is 2.93 bits per heavy atom. The predicted molar refractivity (Wildman–Crippen MR) is 59.5 cm³/mol. The molecule has 0 atom stereocenters. The lowest BCUT2D eigenvalue weighted by atomic mass is 10.2. The molecule has 0 aliphatic rings. The highest BCUT2D eigenvalue weighted by Crippen LogP contribution is 2.15. The average Bonchev–Trinajstić information content (AvgIpc) is 2.63. The number of carbonyl (C=O) groups excluding carboxylic acids is 1. The number of hydrogen-bond acceptors (Lipinski definition) is 3. The Morgan fingerprint density at radius 2 is 2.40 bits per heavy atom. The number of hydroxylamine groups is 1. The fourth-order valence-electron chi connectivity index (χ4n) is 0.844. The van der Waals surface area contributed by atoms with Gasteiger partial charge in [0.1, 0.15) is 10.1 Å². The molecular formula is C10H14BrNO3. The van der Waals surface area contributed by atoms with E-state index in [0.29, 0.717) is 13.0 Å². The Labute approximate surface area is 97.1 Å². The van der Waals surface area contributed by atoms with Gasteiger partial charge in [-0.1, -0.05) is 15.9 Å². The monoisotopic (exact) mass is 275 g/mol. The molecule has 84 valence electrons. The summed E-state index contributed by atoms with van der Waals surface area (Å²) in [6.45, 7) is 3.89. The van der Waals surface area contributed by atoms with Crippen LogP contribution >= 0.6 is 15.9 Å². The van der Waals surface area contributed by atoms with Crippen LogP contribution in [0.4, 0.5) is 0 Å². The standard InChI is InChI=1S/C10H14BrNO3/c1-10(2,11)9(13)12-15-7-5-8-4-3-6-14-8/h3-4,6H,5,7H2,1-2H3,(H,12,13).